The van der Waals surface area contributed by atoms with Crippen LogP contribution in [0.5, 0.6) is 11.5 Å². The number of aromatic nitrogens is 2. The van der Waals surface area contributed by atoms with Gasteiger partial charge in [0.2, 0.25) is 12.6 Å². The Morgan fingerprint density at radius 2 is 1.83 bits per heavy atom. The highest BCUT2D eigenvalue weighted by Crippen LogP contribution is 2.38. The van der Waals surface area contributed by atoms with Crippen LogP contribution in [0.2, 0.25) is 0 Å². The molecule has 0 fully saturated rings. The standard InChI is InChI=1S/C16H10BrF3N2O2/c17-10-6-14-13(23-8-24-14)5-9(10)7-22-12-4-2-1-3-11(12)21-15(22)16(18,19)20/h1-6H,7-8H2. The predicted molar refractivity (Wildman–Crippen MR) is 84.1 cm³/mol. The van der Waals surface area contributed by atoms with Crippen molar-refractivity contribution < 1.29 is 22.6 Å². The summed E-state index contributed by atoms with van der Waals surface area (Å²) < 4.78 is 52.5. The van der Waals surface area contributed by atoms with Crippen molar-refractivity contribution >= 4 is 27.0 Å². The van der Waals surface area contributed by atoms with Crippen LogP contribution in [0.4, 0.5) is 13.2 Å². The van der Waals surface area contributed by atoms with Crippen LogP contribution in [0.1, 0.15) is 11.4 Å². The lowest BCUT2D eigenvalue weighted by atomic mass is 10.2. The third-order valence-corrected chi connectivity index (χ3v) is 4.52. The zero-order valence-electron chi connectivity index (χ0n) is 12.1. The summed E-state index contributed by atoms with van der Waals surface area (Å²) in [6.45, 7) is 0.111. The topological polar surface area (TPSA) is 36.3 Å². The van der Waals surface area contributed by atoms with Crippen LogP contribution in [0.3, 0.4) is 0 Å². The van der Waals surface area contributed by atoms with Gasteiger partial charge in [-0.3, -0.25) is 0 Å². The predicted octanol–water partition coefficient (Wildman–Crippen LogP) is 4.59. The van der Waals surface area contributed by atoms with Crippen LogP contribution in [0.15, 0.2) is 40.9 Å². The molecule has 1 aliphatic heterocycles. The minimum atomic E-state index is -4.54. The molecule has 1 aliphatic rings. The van der Waals surface area contributed by atoms with E-state index in [1.165, 1.54) is 0 Å². The van der Waals surface area contributed by atoms with Gasteiger partial charge in [-0.05, 0) is 29.8 Å². The van der Waals surface area contributed by atoms with E-state index in [1.807, 2.05) is 0 Å². The van der Waals surface area contributed by atoms with E-state index < -0.39 is 12.0 Å². The molecular formula is C16H10BrF3N2O2. The maximum atomic E-state index is 13.4. The van der Waals surface area contributed by atoms with Crippen molar-refractivity contribution in [3.8, 4) is 11.5 Å². The van der Waals surface area contributed by atoms with Crippen LogP contribution in [0, 0.1) is 0 Å². The summed E-state index contributed by atoms with van der Waals surface area (Å²) in [7, 11) is 0. The highest BCUT2D eigenvalue weighted by atomic mass is 79.9. The van der Waals surface area contributed by atoms with Gasteiger partial charge in [-0.15, -0.1) is 0 Å². The number of para-hydroxylation sites is 2. The lowest BCUT2D eigenvalue weighted by Gasteiger charge is -2.13. The largest absolute Gasteiger partial charge is 0.454 e. The number of nitrogens with zero attached hydrogens (tertiary/aromatic N) is 2. The molecule has 8 heteroatoms. The normalized spacial score (nSPS) is 13.7. The Morgan fingerprint density at radius 3 is 2.58 bits per heavy atom. The Morgan fingerprint density at radius 1 is 1.12 bits per heavy atom. The number of hydrogen-bond donors (Lipinski definition) is 0. The number of ether oxygens (including phenoxy) is 2. The molecule has 0 bridgehead atoms. The number of fused-ring (bicyclic) bond motifs is 2. The lowest BCUT2D eigenvalue weighted by molar-refractivity contribution is -0.146. The molecule has 0 saturated heterocycles. The van der Waals surface area contributed by atoms with Crippen molar-refractivity contribution in [3.63, 3.8) is 0 Å². The maximum Gasteiger partial charge on any atom is 0.449 e. The molecule has 2 heterocycles. The summed E-state index contributed by atoms with van der Waals surface area (Å²) >= 11 is 3.38. The average molecular weight is 399 g/mol. The molecular weight excluding hydrogens is 389 g/mol. The number of imidazole rings is 1. The fourth-order valence-corrected chi connectivity index (χ4v) is 3.15. The molecule has 3 aromatic rings. The molecule has 0 unspecified atom stereocenters. The summed E-state index contributed by atoms with van der Waals surface area (Å²) in [5.74, 6) is 0.164. The third-order valence-electron chi connectivity index (χ3n) is 3.78. The molecule has 1 aromatic heterocycles. The lowest BCUT2D eigenvalue weighted by Crippen LogP contribution is -2.15. The monoisotopic (exact) mass is 398 g/mol. The molecule has 0 N–H and O–H groups in total. The molecule has 0 amide bonds. The molecule has 0 atom stereocenters. The summed E-state index contributed by atoms with van der Waals surface area (Å²) in [6, 6.07) is 9.92. The maximum absolute atomic E-state index is 13.4. The summed E-state index contributed by atoms with van der Waals surface area (Å²) in [5, 5.41) is 0. The highest BCUT2D eigenvalue weighted by Gasteiger charge is 2.37. The van der Waals surface area contributed by atoms with Crippen LogP contribution < -0.4 is 9.47 Å². The van der Waals surface area contributed by atoms with Crippen LogP contribution in [-0.4, -0.2) is 16.3 Å². The van der Waals surface area contributed by atoms with Gasteiger partial charge in [0.1, 0.15) is 0 Å². The van der Waals surface area contributed by atoms with Crippen molar-refractivity contribution in [1.29, 1.82) is 0 Å². The zero-order chi connectivity index (χ0) is 16.9. The van der Waals surface area contributed by atoms with Crippen molar-refractivity contribution in [2.75, 3.05) is 6.79 Å². The summed E-state index contributed by atoms with van der Waals surface area (Å²) in [5.41, 5.74) is 1.38. The fraction of sp³-hybridized carbons (Fsp3) is 0.188. The first-order chi connectivity index (χ1) is 11.4. The third kappa shape index (κ3) is 2.50. The van der Waals surface area contributed by atoms with Gasteiger partial charge in [0.05, 0.1) is 17.6 Å². The van der Waals surface area contributed by atoms with E-state index in [2.05, 4.69) is 20.9 Å². The highest BCUT2D eigenvalue weighted by molar-refractivity contribution is 9.10. The Hall–Kier alpha value is -2.22. The zero-order valence-corrected chi connectivity index (χ0v) is 13.7. The molecule has 4 nitrogen and oxygen atoms in total. The van der Waals surface area contributed by atoms with Gasteiger partial charge in [-0.25, -0.2) is 4.98 Å². The van der Waals surface area contributed by atoms with Gasteiger partial charge in [0, 0.05) is 4.47 Å². The second-order valence-electron chi connectivity index (χ2n) is 5.30. The van der Waals surface area contributed by atoms with E-state index in [0.717, 1.165) is 4.57 Å². The molecule has 4 rings (SSSR count). The first-order valence-corrected chi connectivity index (χ1v) is 7.83. The van der Waals surface area contributed by atoms with Crippen molar-refractivity contribution in [2.24, 2.45) is 0 Å². The smallest absolute Gasteiger partial charge is 0.449 e. The molecule has 0 radical (unpaired) electrons. The van der Waals surface area contributed by atoms with Crippen LogP contribution in [-0.2, 0) is 12.7 Å². The average Bonchev–Trinajstić information content (AvgIpc) is 3.12. The van der Waals surface area contributed by atoms with Gasteiger partial charge >= 0.3 is 6.18 Å². The minimum Gasteiger partial charge on any atom is -0.454 e. The molecule has 0 aliphatic carbocycles. The second-order valence-corrected chi connectivity index (χ2v) is 6.16. The first-order valence-electron chi connectivity index (χ1n) is 7.04. The Kier molecular flexibility index (Phi) is 3.45. The van der Waals surface area contributed by atoms with Gasteiger partial charge in [0.25, 0.3) is 0 Å². The number of alkyl halides is 3. The molecule has 0 saturated carbocycles. The minimum absolute atomic E-state index is 0.00653. The number of hydrogen-bond acceptors (Lipinski definition) is 3. The van der Waals surface area contributed by atoms with Crippen molar-refractivity contribution in [1.82, 2.24) is 9.55 Å². The second kappa shape index (κ2) is 5.41. The van der Waals surface area contributed by atoms with E-state index in [-0.39, 0.29) is 13.3 Å². The van der Waals surface area contributed by atoms with E-state index >= 15 is 0 Å². The first kappa shape index (κ1) is 15.3. The van der Waals surface area contributed by atoms with Crippen LogP contribution in [0.25, 0.3) is 11.0 Å². The van der Waals surface area contributed by atoms with Crippen LogP contribution >= 0.6 is 15.9 Å². The van der Waals surface area contributed by atoms with E-state index in [9.17, 15) is 13.2 Å². The fourth-order valence-electron chi connectivity index (χ4n) is 2.70. The van der Waals surface area contributed by atoms with Crippen molar-refractivity contribution in [2.45, 2.75) is 12.7 Å². The van der Waals surface area contributed by atoms with E-state index in [4.69, 9.17) is 9.47 Å². The number of rotatable bonds is 2. The van der Waals surface area contributed by atoms with E-state index in [1.54, 1.807) is 36.4 Å². The van der Waals surface area contributed by atoms with Gasteiger partial charge in [-0.1, -0.05) is 28.1 Å². The Bertz CT molecular complexity index is 937. The SMILES string of the molecule is FC(F)(F)c1nc2ccccc2n1Cc1cc2c(cc1Br)OCO2. The quantitative estimate of drug-likeness (QED) is 0.633. The number of benzene rings is 2. The molecule has 124 valence electrons. The summed E-state index contributed by atoms with van der Waals surface area (Å²) in [4.78, 5) is 3.75. The Balaban J connectivity index is 1.85. The number of halogens is 4. The molecule has 2 aromatic carbocycles. The van der Waals surface area contributed by atoms with Gasteiger partial charge < -0.3 is 14.0 Å². The van der Waals surface area contributed by atoms with E-state index in [0.29, 0.717) is 32.6 Å². The molecule has 0 spiro atoms. The van der Waals surface area contributed by atoms with Crippen molar-refractivity contribution in [3.05, 3.63) is 52.3 Å². The summed E-state index contributed by atoms with van der Waals surface area (Å²) in [6.07, 6.45) is -4.54. The molecule has 24 heavy (non-hydrogen) atoms. The van der Waals surface area contributed by atoms with Gasteiger partial charge in [0.15, 0.2) is 11.5 Å². The van der Waals surface area contributed by atoms with Gasteiger partial charge in [-0.2, -0.15) is 13.2 Å². The Labute approximate surface area is 142 Å².